The highest BCUT2D eigenvalue weighted by Crippen LogP contribution is 2.31. The Kier molecular flexibility index (Phi) is 23.2. The van der Waals surface area contributed by atoms with Crippen LogP contribution in [0, 0.1) is 17.8 Å². The third-order valence-electron chi connectivity index (χ3n) is 7.65. The van der Waals surface area contributed by atoms with Crippen LogP contribution in [0.5, 0.6) is 11.5 Å². The molecule has 0 amide bonds. The van der Waals surface area contributed by atoms with E-state index in [2.05, 4.69) is 73.6 Å². The van der Waals surface area contributed by atoms with Crippen LogP contribution >= 0.6 is 0 Å². The van der Waals surface area contributed by atoms with Gasteiger partial charge in [0.2, 0.25) is 0 Å². The zero-order valence-corrected chi connectivity index (χ0v) is 27.5. The quantitative estimate of drug-likeness (QED) is 0.160. The fraction of sp³-hybridized carbons (Fsp3) is 0.632. The zero-order chi connectivity index (χ0) is 30.2. The minimum Gasteiger partial charge on any atom is -0.508 e. The molecule has 2 heteroatoms. The number of aromatic hydroxyl groups is 2. The fourth-order valence-electron chi connectivity index (χ4n) is 4.97. The molecule has 0 fully saturated rings. The van der Waals surface area contributed by atoms with E-state index in [1.807, 2.05) is 18.2 Å². The molecule has 2 N–H and O–H groups in total. The monoisotopic (exact) mass is 553 g/mol. The molecule has 0 spiro atoms. The lowest BCUT2D eigenvalue weighted by molar-refractivity contribution is 0.400. The first-order chi connectivity index (χ1) is 19.1. The van der Waals surface area contributed by atoms with Crippen molar-refractivity contribution in [1.29, 1.82) is 0 Å². The first kappa shape index (κ1) is 37.8. The second kappa shape index (κ2) is 24.6. The lowest BCUT2D eigenvalue weighted by Gasteiger charge is -2.22. The molecular formula is C38H65O2+. The molecule has 2 rings (SSSR count). The molecule has 2 nitrogen and oxygen atoms in total. The summed E-state index contributed by atoms with van der Waals surface area (Å²) in [6.45, 7) is 18.3. The molecule has 3 unspecified atom stereocenters. The smallest absolute Gasteiger partial charge is 0.508 e. The van der Waals surface area contributed by atoms with Crippen molar-refractivity contribution < 1.29 is 11.6 Å². The van der Waals surface area contributed by atoms with Gasteiger partial charge in [0.25, 0.3) is 0 Å². The Hall–Kier alpha value is -2.22. The first-order valence-corrected chi connectivity index (χ1v) is 16.3. The van der Waals surface area contributed by atoms with Crippen LogP contribution in [0.4, 0.5) is 0 Å². The minimum absolute atomic E-state index is 0. The Bertz CT molecular complexity index is 840. The van der Waals surface area contributed by atoms with Crippen molar-refractivity contribution in [3.8, 4) is 11.5 Å². The molecule has 0 aliphatic carbocycles. The minimum atomic E-state index is 0. The van der Waals surface area contributed by atoms with Crippen molar-refractivity contribution in [2.75, 3.05) is 0 Å². The van der Waals surface area contributed by atoms with E-state index in [4.69, 9.17) is 5.11 Å². The highest BCUT2D eigenvalue weighted by molar-refractivity contribution is 5.28. The number of phenols is 2. The number of phenolic OH excluding ortho intramolecular Hbond substituents is 2. The molecule has 0 bridgehead atoms. The molecule has 2 aromatic rings. The van der Waals surface area contributed by atoms with Crippen molar-refractivity contribution in [1.82, 2.24) is 0 Å². The van der Waals surface area contributed by atoms with Crippen LogP contribution in [0.2, 0.25) is 0 Å². The van der Waals surface area contributed by atoms with Crippen LogP contribution in [-0.2, 0) is 0 Å². The van der Waals surface area contributed by atoms with Gasteiger partial charge < -0.3 is 10.2 Å². The van der Waals surface area contributed by atoms with Gasteiger partial charge >= 0.3 is 1.43 Å². The summed E-state index contributed by atoms with van der Waals surface area (Å²) >= 11 is 0. The highest BCUT2D eigenvalue weighted by atomic mass is 16.3. The van der Waals surface area contributed by atoms with Crippen LogP contribution < -0.4 is 0 Å². The molecule has 0 saturated carbocycles. The van der Waals surface area contributed by atoms with Gasteiger partial charge in [-0.15, -0.1) is 0 Å². The zero-order valence-electron chi connectivity index (χ0n) is 28.5. The third-order valence-corrected chi connectivity index (χ3v) is 7.65. The van der Waals surface area contributed by atoms with Gasteiger partial charge in [0, 0.05) is 0 Å². The summed E-state index contributed by atoms with van der Waals surface area (Å²) in [7, 11) is 0. The van der Waals surface area contributed by atoms with E-state index in [0.717, 1.165) is 11.8 Å². The third kappa shape index (κ3) is 21.6. The lowest BCUT2D eigenvalue weighted by Crippen LogP contribution is -2.07. The van der Waals surface area contributed by atoms with Crippen molar-refractivity contribution in [3.05, 3.63) is 71.8 Å². The predicted octanol–water partition coefficient (Wildman–Crippen LogP) is 12.6. The summed E-state index contributed by atoms with van der Waals surface area (Å²) in [5, 5.41) is 18.0. The van der Waals surface area contributed by atoms with Crippen LogP contribution in [0.3, 0.4) is 0 Å². The molecular weight excluding hydrogens is 488 g/mol. The van der Waals surface area contributed by atoms with E-state index in [-0.39, 0.29) is 1.43 Å². The fourth-order valence-corrected chi connectivity index (χ4v) is 4.97. The molecule has 0 radical (unpaired) electrons. The molecule has 40 heavy (non-hydrogen) atoms. The molecule has 2 aromatic carbocycles. The van der Waals surface area contributed by atoms with Gasteiger partial charge in [-0.05, 0) is 86.6 Å². The number of para-hydroxylation sites is 1. The van der Waals surface area contributed by atoms with Gasteiger partial charge in [0.05, 0.1) is 0 Å². The first-order valence-electron chi connectivity index (χ1n) is 16.3. The van der Waals surface area contributed by atoms with Gasteiger partial charge in [-0.3, -0.25) is 0 Å². The Morgan fingerprint density at radius 1 is 0.650 bits per heavy atom. The lowest BCUT2D eigenvalue weighted by atomic mass is 9.83. The van der Waals surface area contributed by atoms with E-state index in [1.165, 1.54) is 88.2 Å². The second-order valence-corrected chi connectivity index (χ2v) is 12.4. The Morgan fingerprint density at radius 3 is 1.55 bits per heavy atom. The average molecular weight is 554 g/mol. The van der Waals surface area contributed by atoms with Crippen molar-refractivity contribution >= 4 is 0 Å². The molecule has 0 aliphatic heterocycles. The highest BCUT2D eigenvalue weighted by Gasteiger charge is 2.16. The number of hydrogen-bond acceptors (Lipinski definition) is 2. The molecule has 0 aromatic heterocycles. The van der Waals surface area contributed by atoms with Gasteiger partial charge in [-0.25, -0.2) is 0 Å². The largest absolute Gasteiger partial charge is 1.00 e. The van der Waals surface area contributed by atoms with Crippen LogP contribution in [0.1, 0.15) is 145 Å². The molecule has 0 aliphatic rings. The van der Waals surface area contributed by atoms with Crippen molar-refractivity contribution in [3.63, 3.8) is 0 Å². The van der Waals surface area contributed by atoms with Crippen molar-refractivity contribution in [2.24, 2.45) is 17.8 Å². The van der Waals surface area contributed by atoms with E-state index in [9.17, 15) is 5.11 Å². The van der Waals surface area contributed by atoms with Gasteiger partial charge in [0.15, 0.2) is 0 Å². The number of unbranched alkanes of at least 4 members (excludes halogenated alkanes) is 3. The van der Waals surface area contributed by atoms with E-state index < -0.39 is 0 Å². The van der Waals surface area contributed by atoms with Gasteiger partial charge in [-0.1, -0.05) is 141 Å². The topological polar surface area (TPSA) is 40.5 Å². The summed E-state index contributed by atoms with van der Waals surface area (Å²) in [5.41, 5.74) is 2.83. The van der Waals surface area contributed by atoms with E-state index >= 15 is 0 Å². The molecule has 0 saturated heterocycles. The Balaban J connectivity index is 0. The number of benzene rings is 2. The van der Waals surface area contributed by atoms with Crippen molar-refractivity contribution in [2.45, 2.75) is 138 Å². The molecule has 3 atom stereocenters. The van der Waals surface area contributed by atoms with E-state index in [0.29, 0.717) is 23.3 Å². The second-order valence-electron chi connectivity index (χ2n) is 12.4. The van der Waals surface area contributed by atoms with Crippen LogP contribution in [0.25, 0.3) is 0 Å². The molecule has 228 valence electrons. The number of rotatable bonds is 16. The predicted molar refractivity (Wildman–Crippen MR) is 179 cm³/mol. The SMILES string of the molecule is CCCCC(C)CCCC(c1ccc(O)cc1)C(C)C.CCCCC(C)CCCC=C(C)C.Oc1ccccc1.[H+]. The number of allylic oxidation sites excluding steroid dienone is 2. The van der Waals surface area contributed by atoms with E-state index in [1.54, 1.807) is 24.3 Å². The summed E-state index contributed by atoms with van der Waals surface area (Å²) in [4.78, 5) is 0. The summed E-state index contributed by atoms with van der Waals surface area (Å²) in [5.74, 6) is 3.76. The Morgan fingerprint density at radius 2 is 1.12 bits per heavy atom. The number of hydrogen-bond donors (Lipinski definition) is 2. The van der Waals surface area contributed by atoms with Gasteiger partial charge in [-0.2, -0.15) is 0 Å². The standard InChI is InChI=1S/C19H32O.C13H26.C6H6O/c1-5-6-8-16(4)9-7-10-19(15(2)3)17-11-13-18(20)14-12-17;1-5-6-10-13(4)11-8-7-9-12(2)3;7-6-4-2-1-3-5-6/h11-16,19-20H,5-10H2,1-4H3;9,13H,5-8,10-11H2,1-4H3;1-5,7H/p+1. The maximum Gasteiger partial charge on any atom is 1.00 e. The van der Waals surface area contributed by atoms with Crippen LogP contribution in [-0.4, -0.2) is 10.2 Å². The summed E-state index contributed by atoms with van der Waals surface area (Å²) in [6.07, 6.45) is 18.6. The maximum atomic E-state index is 9.41. The summed E-state index contributed by atoms with van der Waals surface area (Å²) < 4.78 is 0. The van der Waals surface area contributed by atoms with Gasteiger partial charge in [0.1, 0.15) is 11.5 Å². The summed E-state index contributed by atoms with van der Waals surface area (Å²) in [6, 6.07) is 16.5. The Labute approximate surface area is 250 Å². The average Bonchev–Trinajstić information content (AvgIpc) is 2.92. The normalized spacial score (nSPS) is 12.8. The molecule has 0 heterocycles. The van der Waals surface area contributed by atoms with Crippen LogP contribution in [0.15, 0.2) is 66.2 Å². The maximum absolute atomic E-state index is 9.41.